The number of rotatable bonds is 2. The maximum atomic E-state index is 11.9. The molecule has 0 saturated carbocycles. The largest absolute Gasteiger partial charge is 0.454 e. The number of benzene rings is 1. The lowest BCUT2D eigenvalue weighted by Crippen LogP contribution is -2.59. The van der Waals surface area contributed by atoms with Crippen molar-refractivity contribution >= 4 is 5.91 Å². The SMILES string of the molecule is CC1(C)CN(Cc2ccc3c(c2)OCO3)C(=O)CN1. The normalized spacial score (nSPS) is 20.7. The van der Waals surface area contributed by atoms with Crippen LogP contribution in [-0.4, -0.2) is 36.2 Å². The number of fused-ring (bicyclic) bond motifs is 1. The van der Waals surface area contributed by atoms with Gasteiger partial charge >= 0.3 is 0 Å². The molecular formula is C14H18N2O3. The van der Waals surface area contributed by atoms with Crippen molar-refractivity contribution < 1.29 is 14.3 Å². The number of hydrogen-bond donors (Lipinski definition) is 1. The van der Waals surface area contributed by atoms with Crippen LogP contribution in [0.2, 0.25) is 0 Å². The van der Waals surface area contributed by atoms with E-state index < -0.39 is 0 Å². The molecule has 19 heavy (non-hydrogen) atoms. The first-order valence-corrected chi connectivity index (χ1v) is 6.45. The molecule has 0 aromatic heterocycles. The third-order valence-corrected chi connectivity index (χ3v) is 3.47. The number of piperazine rings is 1. The highest BCUT2D eigenvalue weighted by Crippen LogP contribution is 2.33. The van der Waals surface area contributed by atoms with Crippen molar-refractivity contribution in [3.8, 4) is 11.5 Å². The van der Waals surface area contributed by atoms with E-state index in [1.54, 1.807) is 0 Å². The average Bonchev–Trinajstić information content (AvgIpc) is 2.81. The molecule has 0 spiro atoms. The predicted octanol–water partition coefficient (Wildman–Crippen LogP) is 1.13. The van der Waals surface area contributed by atoms with Crippen molar-refractivity contribution in [3.05, 3.63) is 23.8 Å². The third-order valence-electron chi connectivity index (χ3n) is 3.47. The van der Waals surface area contributed by atoms with Crippen molar-refractivity contribution in [2.24, 2.45) is 0 Å². The van der Waals surface area contributed by atoms with E-state index in [9.17, 15) is 4.79 Å². The minimum absolute atomic E-state index is 0.0375. The number of ether oxygens (including phenoxy) is 2. The van der Waals surface area contributed by atoms with Crippen LogP contribution in [0.15, 0.2) is 18.2 Å². The highest BCUT2D eigenvalue weighted by molar-refractivity contribution is 5.79. The number of amides is 1. The fourth-order valence-electron chi connectivity index (χ4n) is 2.45. The molecule has 3 rings (SSSR count). The molecule has 102 valence electrons. The summed E-state index contributed by atoms with van der Waals surface area (Å²) in [6.45, 7) is 6.20. The Balaban J connectivity index is 1.75. The third kappa shape index (κ3) is 2.51. The van der Waals surface area contributed by atoms with Crippen LogP contribution in [0, 0.1) is 0 Å². The van der Waals surface area contributed by atoms with Gasteiger partial charge in [0.05, 0.1) is 6.54 Å². The fourth-order valence-corrected chi connectivity index (χ4v) is 2.45. The first-order valence-electron chi connectivity index (χ1n) is 6.45. The van der Waals surface area contributed by atoms with Gasteiger partial charge in [0.15, 0.2) is 11.5 Å². The second-order valence-corrected chi connectivity index (χ2v) is 5.67. The minimum atomic E-state index is -0.0375. The Morgan fingerprint density at radius 1 is 1.32 bits per heavy atom. The molecule has 2 aliphatic heterocycles. The van der Waals surface area contributed by atoms with Crippen LogP contribution < -0.4 is 14.8 Å². The summed E-state index contributed by atoms with van der Waals surface area (Å²) in [6, 6.07) is 5.83. The molecule has 5 heteroatoms. The summed E-state index contributed by atoms with van der Waals surface area (Å²) in [5.41, 5.74) is 1.03. The molecule has 1 aromatic carbocycles. The van der Waals surface area contributed by atoms with E-state index in [1.807, 2.05) is 23.1 Å². The number of nitrogens with one attached hydrogen (secondary N) is 1. The number of carbonyl (C=O) groups is 1. The summed E-state index contributed by atoms with van der Waals surface area (Å²) in [7, 11) is 0. The molecule has 1 fully saturated rings. The summed E-state index contributed by atoms with van der Waals surface area (Å²) in [4.78, 5) is 13.8. The van der Waals surface area contributed by atoms with Crippen molar-refractivity contribution in [3.63, 3.8) is 0 Å². The van der Waals surface area contributed by atoms with Crippen molar-refractivity contribution in [2.45, 2.75) is 25.9 Å². The first kappa shape index (κ1) is 12.3. The summed E-state index contributed by atoms with van der Waals surface area (Å²) in [6.07, 6.45) is 0. The number of hydrogen-bond acceptors (Lipinski definition) is 4. The zero-order chi connectivity index (χ0) is 13.5. The standard InChI is InChI=1S/C14H18N2O3/c1-14(2)8-16(13(17)6-15-14)7-10-3-4-11-12(5-10)19-9-18-11/h3-5,15H,6-9H2,1-2H3. The molecule has 0 atom stereocenters. The molecule has 1 amide bonds. The van der Waals surface area contributed by atoms with E-state index in [1.165, 1.54) is 0 Å². The molecule has 2 aliphatic rings. The van der Waals surface area contributed by atoms with E-state index in [0.717, 1.165) is 17.1 Å². The molecule has 1 saturated heterocycles. The fraction of sp³-hybridized carbons (Fsp3) is 0.500. The van der Waals surface area contributed by atoms with Gasteiger partial charge in [0.2, 0.25) is 12.7 Å². The summed E-state index contributed by atoms with van der Waals surface area (Å²) < 4.78 is 10.6. The molecule has 5 nitrogen and oxygen atoms in total. The van der Waals surface area contributed by atoms with Gasteiger partial charge in [-0.05, 0) is 31.5 Å². The van der Waals surface area contributed by atoms with Gasteiger partial charge in [0, 0.05) is 18.6 Å². The van der Waals surface area contributed by atoms with Crippen molar-refractivity contribution in [1.82, 2.24) is 10.2 Å². The van der Waals surface area contributed by atoms with Gasteiger partial charge < -0.3 is 19.7 Å². The maximum Gasteiger partial charge on any atom is 0.236 e. The number of nitrogens with zero attached hydrogens (tertiary/aromatic N) is 1. The van der Waals surface area contributed by atoms with Gasteiger partial charge in [-0.15, -0.1) is 0 Å². The number of carbonyl (C=O) groups excluding carboxylic acids is 1. The Bertz CT molecular complexity index is 513. The Hall–Kier alpha value is -1.75. The zero-order valence-corrected chi connectivity index (χ0v) is 11.2. The zero-order valence-electron chi connectivity index (χ0n) is 11.2. The molecule has 2 heterocycles. The second-order valence-electron chi connectivity index (χ2n) is 5.67. The lowest BCUT2D eigenvalue weighted by atomic mass is 10.0. The first-order chi connectivity index (χ1) is 9.03. The van der Waals surface area contributed by atoms with Crippen LogP contribution >= 0.6 is 0 Å². The van der Waals surface area contributed by atoms with E-state index >= 15 is 0 Å². The van der Waals surface area contributed by atoms with Gasteiger partial charge in [0.1, 0.15) is 0 Å². The second kappa shape index (κ2) is 4.42. The molecular weight excluding hydrogens is 244 g/mol. The van der Waals surface area contributed by atoms with Crippen LogP contribution in [0.3, 0.4) is 0 Å². The van der Waals surface area contributed by atoms with Crippen LogP contribution in [0.5, 0.6) is 11.5 Å². The van der Waals surface area contributed by atoms with Gasteiger partial charge in [-0.3, -0.25) is 4.79 Å². The Morgan fingerprint density at radius 3 is 2.95 bits per heavy atom. The average molecular weight is 262 g/mol. The predicted molar refractivity (Wildman–Crippen MR) is 70.1 cm³/mol. The molecule has 1 N–H and O–H groups in total. The van der Waals surface area contributed by atoms with Gasteiger partial charge in [0.25, 0.3) is 0 Å². The molecule has 0 radical (unpaired) electrons. The highest BCUT2D eigenvalue weighted by atomic mass is 16.7. The lowest BCUT2D eigenvalue weighted by molar-refractivity contribution is -0.135. The molecule has 0 aliphatic carbocycles. The lowest BCUT2D eigenvalue weighted by Gasteiger charge is -2.38. The van der Waals surface area contributed by atoms with Crippen molar-refractivity contribution in [2.75, 3.05) is 19.9 Å². The van der Waals surface area contributed by atoms with E-state index in [-0.39, 0.29) is 18.2 Å². The van der Waals surface area contributed by atoms with E-state index in [2.05, 4.69) is 19.2 Å². The van der Waals surface area contributed by atoms with Crippen molar-refractivity contribution in [1.29, 1.82) is 0 Å². The summed E-state index contributed by atoms with van der Waals surface area (Å²) in [5.74, 6) is 1.67. The van der Waals surface area contributed by atoms with Crippen LogP contribution in [-0.2, 0) is 11.3 Å². The van der Waals surface area contributed by atoms with Crippen LogP contribution in [0.25, 0.3) is 0 Å². The van der Waals surface area contributed by atoms with Gasteiger partial charge in [-0.1, -0.05) is 6.07 Å². The van der Waals surface area contributed by atoms with Crippen LogP contribution in [0.4, 0.5) is 0 Å². The van der Waals surface area contributed by atoms with E-state index in [0.29, 0.717) is 19.6 Å². The topological polar surface area (TPSA) is 50.8 Å². The highest BCUT2D eigenvalue weighted by Gasteiger charge is 2.30. The molecule has 0 bridgehead atoms. The Morgan fingerprint density at radius 2 is 2.11 bits per heavy atom. The van der Waals surface area contributed by atoms with Gasteiger partial charge in [-0.2, -0.15) is 0 Å². The maximum absolute atomic E-state index is 11.9. The molecule has 0 unspecified atom stereocenters. The Kier molecular flexibility index (Phi) is 2.86. The molecule has 1 aromatic rings. The quantitative estimate of drug-likeness (QED) is 0.868. The smallest absolute Gasteiger partial charge is 0.236 e. The van der Waals surface area contributed by atoms with Crippen LogP contribution in [0.1, 0.15) is 19.4 Å². The summed E-state index contributed by atoms with van der Waals surface area (Å²) in [5, 5.41) is 3.23. The summed E-state index contributed by atoms with van der Waals surface area (Å²) >= 11 is 0. The monoisotopic (exact) mass is 262 g/mol. The van der Waals surface area contributed by atoms with E-state index in [4.69, 9.17) is 9.47 Å². The minimum Gasteiger partial charge on any atom is -0.454 e. The Labute approximate surface area is 112 Å². The van der Waals surface area contributed by atoms with Gasteiger partial charge in [-0.25, -0.2) is 0 Å².